The first-order valence-corrected chi connectivity index (χ1v) is 10.3. The molecule has 0 N–H and O–H groups in total. The Balaban J connectivity index is 1.40. The zero-order valence-electron chi connectivity index (χ0n) is 16.6. The molecule has 4 saturated carbocycles. The topological polar surface area (TPSA) is 48.4 Å². The Morgan fingerprint density at radius 1 is 1.00 bits per heavy atom. The molecule has 4 heteroatoms. The van der Waals surface area contributed by atoms with Gasteiger partial charge in [-0.3, -0.25) is 9.78 Å². The predicted molar refractivity (Wildman–Crippen MR) is 109 cm³/mol. The second-order valence-corrected chi connectivity index (χ2v) is 9.06. The second-order valence-electron chi connectivity index (χ2n) is 9.06. The largest absolute Gasteiger partial charge is 0.493 e. The number of hydrogen-bond acceptors (Lipinski definition) is 4. The lowest BCUT2D eigenvalue weighted by molar-refractivity contribution is -0.138. The minimum Gasteiger partial charge on any atom is -0.493 e. The molecular weight excluding hydrogens is 350 g/mol. The minimum atomic E-state index is -0.0773. The summed E-state index contributed by atoms with van der Waals surface area (Å²) in [6.07, 6.45) is 13.0. The molecule has 0 saturated heterocycles. The van der Waals surface area contributed by atoms with Crippen molar-refractivity contribution in [3.63, 3.8) is 0 Å². The maximum Gasteiger partial charge on any atom is 0.162 e. The molecule has 0 amide bonds. The fourth-order valence-electron chi connectivity index (χ4n) is 6.32. The summed E-state index contributed by atoms with van der Waals surface area (Å²) in [7, 11) is 3.25. The van der Waals surface area contributed by atoms with Crippen LogP contribution in [0.3, 0.4) is 0 Å². The molecular formula is C24H27NO3. The highest BCUT2D eigenvalue weighted by atomic mass is 16.5. The van der Waals surface area contributed by atoms with Gasteiger partial charge >= 0.3 is 0 Å². The van der Waals surface area contributed by atoms with Gasteiger partial charge in [0.25, 0.3) is 0 Å². The second kappa shape index (κ2) is 6.61. The van der Waals surface area contributed by atoms with Crippen molar-refractivity contribution in [3.8, 4) is 11.5 Å². The van der Waals surface area contributed by atoms with Crippen molar-refractivity contribution in [1.29, 1.82) is 0 Å². The zero-order valence-corrected chi connectivity index (χ0v) is 16.6. The number of ether oxygens (including phenoxy) is 2. The maximum absolute atomic E-state index is 13.2. The number of rotatable bonds is 5. The summed E-state index contributed by atoms with van der Waals surface area (Å²) in [5.41, 5.74) is 1.71. The van der Waals surface area contributed by atoms with Gasteiger partial charge in [-0.25, -0.2) is 0 Å². The molecule has 28 heavy (non-hydrogen) atoms. The first kappa shape index (κ1) is 17.7. The molecule has 4 aliphatic carbocycles. The number of fused-ring (bicyclic) bond motifs is 1. The van der Waals surface area contributed by atoms with E-state index in [0.717, 1.165) is 53.5 Å². The molecule has 0 atom stereocenters. The molecule has 4 nitrogen and oxygen atoms in total. The Morgan fingerprint density at radius 3 is 2.21 bits per heavy atom. The average molecular weight is 377 g/mol. The van der Waals surface area contributed by atoms with E-state index in [2.05, 4.69) is 4.98 Å². The predicted octanol–water partition coefficient (Wildman–Crippen LogP) is 5.05. The van der Waals surface area contributed by atoms with Gasteiger partial charge < -0.3 is 9.47 Å². The number of carbonyl (C=O) groups excluding carboxylic acids is 1. The number of benzene rings is 1. The van der Waals surface area contributed by atoms with Crippen molar-refractivity contribution in [1.82, 2.24) is 4.98 Å². The van der Waals surface area contributed by atoms with Gasteiger partial charge in [-0.15, -0.1) is 0 Å². The van der Waals surface area contributed by atoms with Crippen molar-refractivity contribution in [2.45, 2.75) is 38.5 Å². The van der Waals surface area contributed by atoms with E-state index >= 15 is 0 Å². The summed E-state index contributed by atoms with van der Waals surface area (Å²) in [6, 6.07) is 5.86. The standard InChI is InChI=1S/C24H27NO3/c1-27-21-9-19-8-15(14-25-20(19)10-22(21)28-2)3-4-23(26)24-11-16-5-17(12-24)7-18(6-16)13-24/h3-4,8-10,14,16-18H,5-7,11-13H2,1-2H3. The van der Waals surface area contributed by atoms with Crippen LogP contribution in [-0.2, 0) is 4.79 Å². The Morgan fingerprint density at radius 2 is 1.61 bits per heavy atom. The van der Waals surface area contributed by atoms with E-state index in [-0.39, 0.29) is 5.41 Å². The summed E-state index contributed by atoms with van der Waals surface area (Å²) < 4.78 is 10.7. The molecule has 1 heterocycles. The Bertz CT molecular complexity index is 926. The Hall–Kier alpha value is -2.36. The van der Waals surface area contributed by atoms with Crippen LogP contribution in [0.25, 0.3) is 17.0 Å². The van der Waals surface area contributed by atoms with E-state index in [0.29, 0.717) is 17.3 Å². The van der Waals surface area contributed by atoms with E-state index in [1.165, 1.54) is 19.3 Å². The van der Waals surface area contributed by atoms with Crippen LogP contribution in [0.5, 0.6) is 11.5 Å². The minimum absolute atomic E-state index is 0.0773. The zero-order chi connectivity index (χ0) is 19.3. The van der Waals surface area contributed by atoms with Crippen LogP contribution in [0.1, 0.15) is 44.1 Å². The molecule has 6 rings (SSSR count). The fraction of sp³-hybridized carbons (Fsp3) is 0.500. The number of methoxy groups -OCH3 is 2. The van der Waals surface area contributed by atoms with Crippen molar-refractivity contribution in [3.05, 3.63) is 36.0 Å². The summed E-state index contributed by atoms with van der Waals surface area (Å²) in [4.78, 5) is 17.7. The average Bonchev–Trinajstić information content (AvgIpc) is 2.69. The van der Waals surface area contributed by atoms with E-state index in [1.807, 2.05) is 36.5 Å². The molecule has 1 aromatic carbocycles. The molecule has 1 aromatic heterocycles. The van der Waals surface area contributed by atoms with Crippen molar-refractivity contribution in [2.75, 3.05) is 14.2 Å². The third kappa shape index (κ3) is 2.90. The van der Waals surface area contributed by atoms with E-state index in [9.17, 15) is 4.79 Å². The SMILES string of the molecule is COc1cc2cc(C=CC(=O)C34CC5CC(CC(C5)C3)C4)cnc2cc1OC. The van der Waals surface area contributed by atoms with Crippen molar-refractivity contribution >= 4 is 22.8 Å². The molecule has 4 bridgehead atoms. The van der Waals surface area contributed by atoms with Crippen molar-refractivity contribution in [2.24, 2.45) is 23.2 Å². The summed E-state index contributed by atoms with van der Waals surface area (Å²) in [5, 5.41) is 0.974. The van der Waals surface area contributed by atoms with E-state index in [4.69, 9.17) is 9.47 Å². The number of carbonyl (C=O) groups is 1. The summed E-state index contributed by atoms with van der Waals surface area (Å²) in [6.45, 7) is 0. The van der Waals surface area contributed by atoms with Crippen LogP contribution < -0.4 is 9.47 Å². The van der Waals surface area contributed by atoms with Crippen LogP contribution >= 0.6 is 0 Å². The van der Waals surface area contributed by atoms with Gasteiger partial charge in [0.1, 0.15) is 0 Å². The first-order valence-electron chi connectivity index (χ1n) is 10.3. The molecule has 4 aliphatic rings. The van der Waals surface area contributed by atoms with Crippen molar-refractivity contribution < 1.29 is 14.3 Å². The third-order valence-corrected chi connectivity index (χ3v) is 7.20. The highest BCUT2D eigenvalue weighted by Crippen LogP contribution is 2.60. The molecule has 4 fully saturated rings. The molecule has 146 valence electrons. The van der Waals surface area contributed by atoms with Gasteiger partial charge in [0.15, 0.2) is 17.3 Å². The van der Waals surface area contributed by atoms with Crippen LogP contribution in [0.15, 0.2) is 30.5 Å². The van der Waals surface area contributed by atoms with E-state index in [1.54, 1.807) is 14.2 Å². The number of aromatic nitrogens is 1. The van der Waals surface area contributed by atoms with Gasteiger partial charge in [0.05, 0.1) is 19.7 Å². The lowest BCUT2D eigenvalue weighted by atomic mass is 9.48. The fourth-order valence-corrected chi connectivity index (χ4v) is 6.32. The summed E-state index contributed by atoms with van der Waals surface area (Å²) >= 11 is 0. The molecule has 0 aliphatic heterocycles. The molecule has 0 unspecified atom stereocenters. The number of ketones is 1. The Labute approximate surface area is 165 Å². The molecule has 0 spiro atoms. The van der Waals surface area contributed by atoms with Gasteiger partial charge in [-0.05, 0) is 86.1 Å². The quantitative estimate of drug-likeness (QED) is 0.684. The van der Waals surface area contributed by atoms with Crippen LogP contribution in [0, 0.1) is 23.2 Å². The van der Waals surface area contributed by atoms with Gasteiger partial charge in [-0.1, -0.05) is 0 Å². The number of nitrogens with zero attached hydrogens (tertiary/aromatic N) is 1. The van der Waals surface area contributed by atoms with Crippen LogP contribution in [0.4, 0.5) is 0 Å². The van der Waals surface area contributed by atoms with Gasteiger partial charge in [-0.2, -0.15) is 0 Å². The van der Waals surface area contributed by atoms with Gasteiger partial charge in [0, 0.05) is 23.1 Å². The smallest absolute Gasteiger partial charge is 0.162 e. The maximum atomic E-state index is 13.2. The monoisotopic (exact) mass is 377 g/mol. The highest BCUT2D eigenvalue weighted by molar-refractivity contribution is 5.98. The van der Waals surface area contributed by atoms with Crippen LogP contribution in [0.2, 0.25) is 0 Å². The summed E-state index contributed by atoms with van der Waals surface area (Å²) in [5.74, 6) is 4.04. The number of pyridine rings is 1. The molecule has 0 radical (unpaired) electrons. The van der Waals surface area contributed by atoms with Gasteiger partial charge in [0.2, 0.25) is 0 Å². The highest BCUT2D eigenvalue weighted by Gasteiger charge is 2.53. The molecule has 2 aromatic rings. The third-order valence-electron chi connectivity index (χ3n) is 7.20. The lowest BCUT2D eigenvalue weighted by Gasteiger charge is -2.55. The van der Waals surface area contributed by atoms with E-state index < -0.39 is 0 Å². The van der Waals surface area contributed by atoms with Crippen LogP contribution in [-0.4, -0.2) is 25.0 Å². The number of hydrogen-bond donors (Lipinski definition) is 0. The lowest BCUT2D eigenvalue weighted by Crippen LogP contribution is -2.49. The number of allylic oxidation sites excluding steroid dienone is 1. The first-order chi connectivity index (χ1) is 13.6. The normalized spacial score (nSPS) is 30.9. The Kier molecular flexibility index (Phi) is 4.18.